The van der Waals surface area contributed by atoms with E-state index in [0.717, 1.165) is 12.0 Å². The van der Waals surface area contributed by atoms with Gasteiger partial charge in [-0.15, -0.1) is 0 Å². The second-order valence-electron chi connectivity index (χ2n) is 4.47. The van der Waals surface area contributed by atoms with Gasteiger partial charge in [0.1, 0.15) is 11.5 Å². The second-order valence-corrected chi connectivity index (χ2v) is 4.47. The number of aryl methyl sites for hydroxylation is 1. The summed E-state index contributed by atoms with van der Waals surface area (Å²) in [6.07, 6.45) is -3.86. The summed E-state index contributed by atoms with van der Waals surface area (Å²) in [6.45, 7) is 1.92. The van der Waals surface area contributed by atoms with Crippen LogP contribution in [0.2, 0.25) is 0 Å². The molecule has 0 atom stereocenters. The summed E-state index contributed by atoms with van der Waals surface area (Å²) in [6, 6.07) is 10.7. The molecule has 0 fully saturated rings. The maximum Gasteiger partial charge on any atom is 0.393 e. The SMILES string of the molecule is CCCc1oc(-c2ccccc2)cc1CC(F)(F)F. The molecule has 0 radical (unpaired) electrons. The van der Waals surface area contributed by atoms with Crippen molar-refractivity contribution in [1.29, 1.82) is 0 Å². The van der Waals surface area contributed by atoms with Crippen molar-refractivity contribution < 1.29 is 17.6 Å². The molecule has 2 rings (SSSR count). The quantitative estimate of drug-likeness (QED) is 0.760. The largest absolute Gasteiger partial charge is 0.461 e. The first-order valence-corrected chi connectivity index (χ1v) is 6.23. The number of hydrogen-bond donors (Lipinski definition) is 0. The summed E-state index contributed by atoms with van der Waals surface area (Å²) in [4.78, 5) is 0. The van der Waals surface area contributed by atoms with E-state index in [4.69, 9.17) is 4.42 Å². The Kier molecular flexibility index (Phi) is 3.98. The molecular weight excluding hydrogens is 253 g/mol. The van der Waals surface area contributed by atoms with Gasteiger partial charge in [0.15, 0.2) is 0 Å². The monoisotopic (exact) mass is 268 g/mol. The van der Waals surface area contributed by atoms with E-state index in [1.54, 1.807) is 0 Å². The topological polar surface area (TPSA) is 13.1 Å². The van der Waals surface area contributed by atoms with Gasteiger partial charge in [-0.3, -0.25) is 0 Å². The standard InChI is InChI=1S/C15H15F3O/c1-2-6-13-12(10-15(16,17)18)9-14(19-13)11-7-4-3-5-8-11/h3-5,7-9H,2,6,10H2,1H3. The van der Waals surface area contributed by atoms with Crippen LogP contribution in [0.15, 0.2) is 40.8 Å². The lowest BCUT2D eigenvalue weighted by Gasteiger charge is -2.05. The van der Waals surface area contributed by atoms with Crippen molar-refractivity contribution in [2.45, 2.75) is 32.4 Å². The van der Waals surface area contributed by atoms with Gasteiger partial charge in [0.25, 0.3) is 0 Å². The van der Waals surface area contributed by atoms with Crippen molar-refractivity contribution in [2.24, 2.45) is 0 Å². The smallest absolute Gasteiger partial charge is 0.393 e. The van der Waals surface area contributed by atoms with E-state index in [-0.39, 0.29) is 5.56 Å². The maximum absolute atomic E-state index is 12.5. The first kappa shape index (κ1) is 13.7. The molecule has 2 aromatic rings. The highest BCUT2D eigenvalue weighted by atomic mass is 19.4. The molecule has 1 heterocycles. The maximum atomic E-state index is 12.5. The van der Waals surface area contributed by atoms with Crippen LogP contribution in [0.5, 0.6) is 0 Å². The van der Waals surface area contributed by atoms with Crippen LogP contribution in [0.25, 0.3) is 11.3 Å². The lowest BCUT2D eigenvalue weighted by atomic mass is 10.1. The van der Waals surface area contributed by atoms with Crippen LogP contribution in [0.4, 0.5) is 13.2 Å². The number of furan rings is 1. The lowest BCUT2D eigenvalue weighted by molar-refractivity contribution is -0.127. The summed E-state index contributed by atoms with van der Waals surface area (Å²) >= 11 is 0. The Bertz CT molecular complexity index is 526. The van der Waals surface area contributed by atoms with Crippen LogP contribution in [-0.4, -0.2) is 6.18 Å². The number of rotatable bonds is 4. The Hall–Kier alpha value is -1.71. The molecule has 0 bridgehead atoms. The van der Waals surface area contributed by atoms with E-state index in [1.165, 1.54) is 6.07 Å². The Morgan fingerprint density at radius 1 is 1.11 bits per heavy atom. The zero-order valence-electron chi connectivity index (χ0n) is 10.6. The average molecular weight is 268 g/mol. The fourth-order valence-electron chi connectivity index (χ4n) is 2.02. The van der Waals surface area contributed by atoms with E-state index in [1.807, 2.05) is 37.3 Å². The molecule has 0 amide bonds. The summed E-state index contributed by atoms with van der Waals surface area (Å²) in [5, 5.41) is 0. The Labute approximate surface area is 110 Å². The Morgan fingerprint density at radius 3 is 2.37 bits per heavy atom. The number of hydrogen-bond acceptors (Lipinski definition) is 1. The predicted molar refractivity (Wildman–Crippen MR) is 67.9 cm³/mol. The average Bonchev–Trinajstić information content (AvgIpc) is 2.72. The molecule has 0 aliphatic carbocycles. The third kappa shape index (κ3) is 3.63. The molecule has 0 N–H and O–H groups in total. The van der Waals surface area contributed by atoms with Gasteiger partial charge in [0, 0.05) is 17.5 Å². The van der Waals surface area contributed by atoms with Crippen molar-refractivity contribution in [3.05, 3.63) is 47.7 Å². The molecule has 19 heavy (non-hydrogen) atoms. The second kappa shape index (κ2) is 5.51. The summed E-state index contributed by atoms with van der Waals surface area (Å²) in [5.74, 6) is 0.946. The molecule has 0 unspecified atom stereocenters. The molecule has 0 aliphatic rings. The molecule has 0 spiro atoms. The van der Waals surface area contributed by atoms with Crippen molar-refractivity contribution >= 4 is 0 Å². The number of benzene rings is 1. The van der Waals surface area contributed by atoms with Crippen LogP contribution in [0.3, 0.4) is 0 Å². The molecule has 0 aliphatic heterocycles. The van der Waals surface area contributed by atoms with Crippen LogP contribution >= 0.6 is 0 Å². The Balaban J connectivity index is 2.35. The lowest BCUT2D eigenvalue weighted by Crippen LogP contribution is -2.12. The molecule has 4 heteroatoms. The van der Waals surface area contributed by atoms with Crippen LogP contribution in [0, 0.1) is 0 Å². The van der Waals surface area contributed by atoms with Crippen molar-refractivity contribution in [3.8, 4) is 11.3 Å². The molecule has 0 saturated heterocycles. The van der Waals surface area contributed by atoms with Gasteiger partial charge in [-0.05, 0) is 12.5 Å². The van der Waals surface area contributed by atoms with Crippen LogP contribution in [0.1, 0.15) is 24.7 Å². The zero-order valence-corrected chi connectivity index (χ0v) is 10.6. The first-order chi connectivity index (χ1) is 8.99. The van der Waals surface area contributed by atoms with Crippen LogP contribution < -0.4 is 0 Å². The highest BCUT2D eigenvalue weighted by molar-refractivity contribution is 5.58. The van der Waals surface area contributed by atoms with Crippen molar-refractivity contribution in [1.82, 2.24) is 0 Å². The summed E-state index contributed by atoms with van der Waals surface area (Å²) in [5.41, 5.74) is 1.04. The van der Waals surface area contributed by atoms with Gasteiger partial charge >= 0.3 is 6.18 Å². The minimum atomic E-state index is -4.21. The van der Waals surface area contributed by atoms with Gasteiger partial charge in [-0.25, -0.2) is 0 Å². The van der Waals surface area contributed by atoms with Gasteiger partial charge in [0.2, 0.25) is 0 Å². The normalized spacial score (nSPS) is 11.8. The molecule has 1 aromatic heterocycles. The number of alkyl halides is 3. The molecule has 1 nitrogen and oxygen atoms in total. The van der Waals surface area contributed by atoms with E-state index in [0.29, 0.717) is 17.9 Å². The van der Waals surface area contributed by atoms with E-state index in [9.17, 15) is 13.2 Å². The molecular formula is C15H15F3O. The van der Waals surface area contributed by atoms with Gasteiger partial charge in [-0.1, -0.05) is 37.3 Å². The minimum absolute atomic E-state index is 0.244. The van der Waals surface area contributed by atoms with E-state index >= 15 is 0 Å². The first-order valence-electron chi connectivity index (χ1n) is 6.23. The third-order valence-electron chi connectivity index (χ3n) is 2.82. The minimum Gasteiger partial charge on any atom is -0.461 e. The van der Waals surface area contributed by atoms with E-state index < -0.39 is 12.6 Å². The van der Waals surface area contributed by atoms with E-state index in [2.05, 4.69) is 0 Å². The molecule has 0 saturated carbocycles. The van der Waals surface area contributed by atoms with Crippen molar-refractivity contribution in [3.63, 3.8) is 0 Å². The zero-order chi connectivity index (χ0) is 13.9. The van der Waals surface area contributed by atoms with Gasteiger partial charge in [-0.2, -0.15) is 13.2 Å². The van der Waals surface area contributed by atoms with Crippen LogP contribution in [-0.2, 0) is 12.8 Å². The molecule has 102 valence electrons. The highest BCUT2D eigenvalue weighted by Gasteiger charge is 2.30. The highest BCUT2D eigenvalue weighted by Crippen LogP contribution is 2.31. The third-order valence-corrected chi connectivity index (χ3v) is 2.82. The van der Waals surface area contributed by atoms with Gasteiger partial charge in [0.05, 0.1) is 6.42 Å². The Morgan fingerprint density at radius 2 is 1.79 bits per heavy atom. The fourth-order valence-corrected chi connectivity index (χ4v) is 2.02. The fraction of sp³-hybridized carbons (Fsp3) is 0.333. The van der Waals surface area contributed by atoms with Gasteiger partial charge < -0.3 is 4.42 Å². The summed E-state index contributed by atoms with van der Waals surface area (Å²) < 4.78 is 43.2. The summed E-state index contributed by atoms with van der Waals surface area (Å²) in [7, 11) is 0. The number of halogens is 3. The predicted octanol–water partition coefficient (Wildman–Crippen LogP) is 5.00. The molecule has 1 aromatic carbocycles. The van der Waals surface area contributed by atoms with Crippen molar-refractivity contribution in [2.75, 3.05) is 0 Å².